The van der Waals surface area contributed by atoms with Gasteiger partial charge in [0.25, 0.3) is 0 Å². The molecular formula is C13H16FN3O. The highest BCUT2D eigenvalue weighted by Crippen LogP contribution is 2.25. The maximum absolute atomic E-state index is 13.2. The van der Waals surface area contributed by atoms with Crippen molar-refractivity contribution in [2.24, 2.45) is 12.8 Å². The molecular weight excluding hydrogens is 233 g/mol. The molecule has 1 atom stereocenters. The second kappa shape index (κ2) is 5.18. The minimum atomic E-state index is -0.334. The molecule has 0 fully saturated rings. The lowest BCUT2D eigenvalue weighted by atomic mass is 10.1. The number of imidazole rings is 1. The molecule has 5 heteroatoms. The number of benzene rings is 1. The number of nitrogens with two attached hydrogens (primary N) is 1. The summed E-state index contributed by atoms with van der Waals surface area (Å²) in [4.78, 5) is 3.99. The van der Waals surface area contributed by atoms with Gasteiger partial charge in [-0.2, -0.15) is 0 Å². The second-order valence-electron chi connectivity index (χ2n) is 4.26. The summed E-state index contributed by atoms with van der Waals surface area (Å²) in [5, 5.41) is 0. The van der Waals surface area contributed by atoms with E-state index in [-0.39, 0.29) is 11.9 Å². The van der Waals surface area contributed by atoms with E-state index in [0.29, 0.717) is 12.4 Å². The fraction of sp³-hybridized carbons (Fsp3) is 0.308. The summed E-state index contributed by atoms with van der Waals surface area (Å²) < 4.78 is 20.7. The lowest BCUT2D eigenvalue weighted by molar-refractivity contribution is 0.291. The summed E-state index contributed by atoms with van der Waals surface area (Å²) in [5.41, 5.74) is 7.53. The standard InChI is InChI=1S/C13H16FN3O/c1-9(15)12-4-3-10(14)5-13(12)18-7-11-6-16-8-17(11)2/h3-6,8-9H,7,15H2,1-2H3/t9-/m0/s1. The van der Waals surface area contributed by atoms with Crippen molar-refractivity contribution in [3.63, 3.8) is 0 Å². The van der Waals surface area contributed by atoms with Gasteiger partial charge in [-0.05, 0) is 13.0 Å². The van der Waals surface area contributed by atoms with Crippen molar-refractivity contribution < 1.29 is 9.13 Å². The smallest absolute Gasteiger partial charge is 0.130 e. The van der Waals surface area contributed by atoms with Crippen molar-refractivity contribution in [3.05, 3.63) is 47.8 Å². The number of ether oxygens (including phenoxy) is 1. The van der Waals surface area contributed by atoms with Gasteiger partial charge in [-0.3, -0.25) is 0 Å². The topological polar surface area (TPSA) is 53.1 Å². The second-order valence-corrected chi connectivity index (χ2v) is 4.26. The molecule has 2 rings (SSSR count). The maximum Gasteiger partial charge on any atom is 0.130 e. The van der Waals surface area contributed by atoms with E-state index in [9.17, 15) is 4.39 Å². The molecule has 4 nitrogen and oxygen atoms in total. The Bertz CT molecular complexity index is 537. The zero-order valence-electron chi connectivity index (χ0n) is 10.4. The fourth-order valence-electron chi connectivity index (χ4n) is 1.68. The van der Waals surface area contributed by atoms with Gasteiger partial charge in [-0.15, -0.1) is 0 Å². The van der Waals surface area contributed by atoms with Crippen LogP contribution in [0.1, 0.15) is 24.2 Å². The van der Waals surface area contributed by atoms with Gasteiger partial charge in [-0.25, -0.2) is 9.37 Å². The number of hydrogen-bond acceptors (Lipinski definition) is 3. The first-order valence-corrected chi connectivity index (χ1v) is 5.71. The Hall–Kier alpha value is -1.88. The van der Waals surface area contributed by atoms with Crippen molar-refractivity contribution in [2.45, 2.75) is 19.6 Å². The molecule has 1 aromatic carbocycles. The molecule has 1 heterocycles. The normalized spacial score (nSPS) is 12.4. The Morgan fingerprint density at radius 1 is 1.50 bits per heavy atom. The van der Waals surface area contributed by atoms with Gasteiger partial charge in [0.15, 0.2) is 0 Å². The van der Waals surface area contributed by atoms with Crippen LogP contribution < -0.4 is 10.5 Å². The van der Waals surface area contributed by atoms with Gasteiger partial charge in [0, 0.05) is 24.7 Å². The predicted molar refractivity (Wildman–Crippen MR) is 66.5 cm³/mol. The van der Waals surface area contributed by atoms with Crippen molar-refractivity contribution in [1.29, 1.82) is 0 Å². The average molecular weight is 249 g/mol. The molecule has 0 aliphatic heterocycles. The van der Waals surface area contributed by atoms with Crippen LogP contribution in [0.3, 0.4) is 0 Å². The summed E-state index contributed by atoms with van der Waals surface area (Å²) in [7, 11) is 1.88. The van der Waals surface area contributed by atoms with Gasteiger partial charge >= 0.3 is 0 Å². The van der Waals surface area contributed by atoms with Crippen LogP contribution in [0.25, 0.3) is 0 Å². The van der Waals surface area contributed by atoms with Crippen LogP contribution in [-0.4, -0.2) is 9.55 Å². The SMILES string of the molecule is C[C@H](N)c1ccc(F)cc1OCc1cncn1C. The third-order valence-electron chi connectivity index (χ3n) is 2.76. The summed E-state index contributed by atoms with van der Waals surface area (Å²) in [6, 6.07) is 4.19. The minimum Gasteiger partial charge on any atom is -0.487 e. The molecule has 96 valence electrons. The van der Waals surface area contributed by atoms with E-state index in [0.717, 1.165) is 11.3 Å². The van der Waals surface area contributed by atoms with E-state index >= 15 is 0 Å². The third-order valence-corrected chi connectivity index (χ3v) is 2.76. The summed E-state index contributed by atoms with van der Waals surface area (Å²) >= 11 is 0. The Morgan fingerprint density at radius 3 is 2.89 bits per heavy atom. The van der Waals surface area contributed by atoms with Crippen molar-refractivity contribution in [3.8, 4) is 5.75 Å². The average Bonchev–Trinajstić information content (AvgIpc) is 2.72. The lowest BCUT2D eigenvalue weighted by Crippen LogP contribution is -2.09. The van der Waals surface area contributed by atoms with E-state index in [1.54, 1.807) is 18.6 Å². The zero-order chi connectivity index (χ0) is 13.1. The number of aryl methyl sites for hydroxylation is 1. The van der Waals surface area contributed by atoms with Gasteiger partial charge in [0.05, 0.1) is 18.2 Å². The summed E-state index contributed by atoms with van der Waals surface area (Å²) in [5.74, 6) is 0.144. The summed E-state index contributed by atoms with van der Waals surface area (Å²) in [6.45, 7) is 2.17. The molecule has 2 N–H and O–H groups in total. The van der Waals surface area contributed by atoms with Gasteiger partial charge in [0.2, 0.25) is 0 Å². The van der Waals surface area contributed by atoms with Crippen molar-refractivity contribution in [2.75, 3.05) is 0 Å². The molecule has 0 spiro atoms. The molecule has 2 aromatic rings. The van der Waals surface area contributed by atoms with Crippen molar-refractivity contribution >= 4 is 0 Å². The highest BCUT2D eigenvalue weighted by molar-refractivity contribution is 5.36. The predicted octanol–water partition coefficient (Wildman–Crippen LogP) is 2.16. The van der Waals surface area contributed by atoms with E-state index < -0.39 is 0 Å². The zero-order valence-corrected chi connectivity index (χ0v) is 10.4. The molecule has 0 aliphatic rings. The Morgan fingerprint density at radius 2 is 2.28 bits per heavy atom. The van der Waals surface area contributed by atoms with Crippen LogP contribution in [0, 0.1) is 5.82 Å². The Balaban J connectivity index is 2.18. The number of hydrogen-bond donors (Lipinski definition) is 1. The largest absolute Gasteiger partial charge is 0.487 e. The first-order chi connectivity index (χ1) is 8.58. The van der Waals surface area contributed by atoms with Gasteiger partial charge in [-0.1, -0.05) is 6.07 Å². The molecule has 0 amide bonds. The molecule has 1 aromatic heterocycles. The molecule has 0 radical (unpaired) electrons. The third kappa shape index (κ3) is 2.68. The van der Waals surface area contributed by atoms with Crippen molar-refractivity contribution in [1.82, 2.24) is 9.55 Å². The van der Waals surface area contributed by atoms with E-state index in [1.165, 1.54) is 12.1 Å². The van der Waals surface area contributed by atoms with Crippen LogP contribution in [0.5, 0.6) is 5.75 Å². The monoisotopic (exact) mass is 249 g/mol. The fourth-order valence-corrected chi connectivity index (χ4v) is 1.68. The van der Waals surface area contributed by atoms with Gasteiger partial charge in [0.1, 0.15) is 18.2 Å². The van der Waals surface area contributed by atoms with E-state index in [4.69, 9.17) is 10.5 Å². The molecule has 18 heavy (non-hydrogen) atoms. The Kier molecular flexibility index (Phi) is 3.62. The molecule has 0 saturated heterocycles. The van der Waals surface area contributed by atoms with Crippen LogP contribution in [-0.2, 0) is 13.7 Å². The lowest BCUT2D eigenvalue weighted by Gasteiger charge is -2.14. The highest BCUT2D eigenvalue weighted by atomic mass is 19.1. The molecule has 0 aliphatic carbocycles. The van der Waals surface area contributed by atoms with Crippen LogP contribution in [0.15, 0.2) is 30.7 Å². The molecule has 0 unspecified atom stereocenters. The molecule has 0 bridgehead atoms. The molecule has 0 saturated carbocycles. The number of aromatic nitrogens is 2. The summed E-state index contributed by atoms with van der Waals surface area (Å²) in [6.07, 6.45) is 3.40. The first kappa shape index (κ1) is 12.6. The van der Waals surface area contributed by atoms with E-state index in [1.807, 2.05) is 18.5 Å². The quantitative estimate of drug-likeness (QED) is 0.903. The van der Waals surface area contributed by atoms with Crippen LogP contribution in [0.4, 0.5) is 4.39 Å². The Labute approximate surface area is 105 Å². The first-order valence-electron chi connectivity index (χ1n) is 5.71. The number of nitrogens with zero attached hydrogens (tertiary/aromatic N) is 2. The minimum absolute atomic E-state index is 0.202. The van der Waals surface area contributed by atoms with Gasteiger partial charge < -0.3 is 15.0 Å². The highest BCUT2D eigenvalue weighted by Gasteiger charge is 2.10. The maximum atomic E-state index is 13.2. The number of rotatable bonds is 4. The van der Waals surface area contributed by atoms with Crippen LogP contribution in [0.2, 0.25) is 0 Å². The van der Waals surface area contributed by atoms with Crippen LogP contribution >= 0.6 is 0 Å². The van der Waals surface area contributed by atoms with E-state index in [2.05, 4.69) is 4.98 Å². The number of halogens is 1.